The molecule has 0 aromatic heterocycles. The summed E-state index contributed by atoms with van der Waals surface area (Å²) in [5.41, 5.74) is 0. The average molecular weight is 241 g/mol. The first-order chi connectivity index (χ1) is 8.13. The van der Waals surface area contributed by atoms with Crippen LogP contribution < -0.4 is 10.6 Å². The smallest absolute Gasteiger partial charge is 0.239 e. The van der Waals surface area contributed by atoms with Crippen LogP contribution in [0.3, 0.4) is 0 Å². The SMILES string of the molecule is CNC(C)CNC(=O)CN1CCCCCC1=O. The van der Waals surface area contributed by atoms with Gasteiger partial charge in [-0.1, -0.05) is 6.42 Å². The molecular weight excluding hydrogens is 218 g/mol. The Bertz CT molecular complexity index is 268. The predicted octanol–water partition coefficient (Wildman–Crippen LogP) is 0.113. The summed E-state index contributed by atoms with van der Waals surface area (Å²) in [6, 6.07) is 0.249. The van der Waals surface area contributed by atoms with Gasteiger partial charge in [-0.3, -0.25) is 9.59 Å². The molecule has 98 valence electrons. The highest BCUT2D eigenvalue weighted by Gasteiger charge is 2.18. The Labute approximate surface area is 103 Å². The van der Waals surface area contributed by atoms with Crippen molar-refractivity contribution in [3.05, 3.63) is 0 Å². The summed E-state index contributed by atoms with van der Waals surface area (Å²) in [5.74, 6) is 0.0432. The molecule has 1 unspecified atom stereocenters. The maximum Gasteiger partial charge on any atom is 0.239 e. The number of likely N-dealkylation sites (tertiary alicyclic amines) is 1. The van der Waals surface area contributed by atoms with E-state index in [9.17, 15) is 9.59 Å². The van der Waals surface area contributed by atoms with Crippen molar-refractivity contribution in [2.24, 2.45) is 0 Å². The molecule has 0 saturated carbocycles. The highest BCUT2D eigenvalue weighted by molar-refractivity contribution is 5.84. The zero-order valence-corrected chi connectivity index (χ0v) is 10.8. The lowest BCUT2D eigenvalue weighted by Crippen LogP contribution is -2.44. The monoisotopic (exact) mass is 241 g/mol. The van der Waals surface area contributed by atoms with Crippen molar-refractivity contribution >= 4 is 11.8 Å². The first-order valence-electron chi connectivity index (χ1n) is 6.35. The molecule has 0 aromatic carbocycles. The summed E-state index contributed by atoms with van der Waals surface area (Å²) in [6.45, 7) is 3.51. The Hall–Kier alpha value is -1.10. The van der Waals surface area contributed by atoms with Gasteiger partial charge in [0.2, 0.25) is 11.8 Å². The predicted molar refractivity (Wildman–Crippen MR) is 66.6 cm³/mol. The van der Waals surface area contributed by atoms with E-state index in [-0.39, 0.29) is 24.4 Å². The average Bonchev–Trinajstić information content (AvgIpc) is 2.52. The minimum absolute atomic E-state index is 0.0673. The maximum atomic E-state index is 11.7. The lowest BCUT2D eigenvalue weighted by Gasteiger charge is -2.20. The number of carbonyl (C=O) groups excluding carboxylic acids is 2. The first kappa shape index (κ1) is 14.0. The summed E-state index contributed by atoms with van der Waals surface area (Å²) in [5, 5.41) is 5.87. The topological polar surface area (TPSA) is 61.4 Å². The standard InChI is InChI=1S/C12H23N3O2/c1-10(13-2)8-14-11(16)9-15-7-5-3-4-6-12(15)17/h10,13H,3-9H2,1-2H3,(H,14,16). The van der Waals surface area contributed by atoms with Gasteiger partial charge in [-0.2, -0.15) is 0 Å². The largest absolute Gasteiger partial charge is 0.353 e. The Morgan fingerprint density at radius 2 is 2.18 bits per heavy atom. The summed E-state index contributed by atoms with van der Waals surface area (Å²) >= 11 is 0. The fourth-order valence-electron chi connectivity index (χ4n) is 1.80. The van der Waals surface area contributed by atoms with E-state index in [4.69, 9.17) is 0 Å². The molecule has 0 radical (unpaired) electrons. The first-order valence-corrected chi connectivity index (χ1v) is 6.35. The van der Waals surface area contributed by atoms with E-state index in [0.29, 0.717) is 19.5 Å². The molecule has 2 amide bonds. The van der Waals surface area contributed by atoms with Crippen LogP contribution in [0.5, 0.6) is 0 Å². The van der Waals surface area contributed by atoms with Crippen LogP contribution in [-0.4, -0.2) is 49.4 Å². The third-order valence-electron chi connectivity index (χ3n) is 3.10. The van der Waals surface area contributed by atoms with Gasteiger partial charge < -0.3 is 15.5 Å². The Morgan fingerprint density at radius 1 is 1.41 bits per heavy atom. The van der Waals surface area contributed by atoms with Crippen LogP contribution in [-0.2, 0) is 9.59 Å². The van der Waals surface area contributed by atoms with Gasteiger partial charge in [-0.15, -0.1) is 0 Å². The van der Waals surface area contributed by atoms with Crippen molar-refractivity contribution < 1.29 is 9.59 Å². The normalized spacial score (nSPS) is 18.7. The molecule has 2 N–H and O–H groups in total. The lowest BCUT2D eigenvalue weighted by atomic mass is 10.2. The Morgan fingerprint density at radius 3 is 2.88 bits per heavy atom. The van der Waals surface area contributed by atoms with Crippen LogP contribution in [0.2, 0.25) is 0 Å². The van der Waals surface area contributed by atoms with Gasteiger partial charge in [0.05, 0.1) is 6.54 Å². The molecular formula is C12H23N3O2. The van der Waals surface area contributed by atoms with Gasteiger partial charge in [0.15, 0.2) is 0 Å². The third-order valence-corrected chi connectivity index (χ3v) is 3.10. The molecule has 1 aliphatic heterocycles. The minimum Gasteiger partial charge on any atom is -0.353 e. The number of hydrogen-bond acceptors (Lipinski definition) is 3. The quantitative estimate of drug-likeness (QED) is 0.718. The van der Waals surface area contributed by atoms with Crippen molar-refractivity contribution in [1.29, 1.82) is 0 Å². The van der Waals surface area contributed by atoms with Crippen LogP contribution in [0.25, 0.3) is 0 Å². The van der Waals surface area contributed by atoms with Crippen LogP contribution in [0.4, 0.5) is 0 Å². The summed E-state index contributed by atoms with van der Waals surface area (Å²) < 4.78 is 0. The van der Waals surface area contributed by atoms with E-state index in [2.05, 4.69) is 10.6 Å². The summed E-state index contributed by atoms with van der Waals surface area (Å²) in [6.07, 6.45) is 3.63. The minimum atomic E-state index is -0.0673. The van der Waals surface area contributed by atoms with Gasteiger partial charge >= 0.3 is 0 Å². The second kappa shape index (κ2) is 7.27. The van der Waals surface area contributed by atoms with Gasteiger partial charge in [0, 0.05) is 25.6 Å². The Balaban J connectivity index is 2.31. The number of nitrogens with one attached hydrogen (secondary N) is 2. The molecule has 1 aliphatic rings. The number of carbonyl (C=O) groups is 2. The molecule has 5 nitrogen and oxygen atoms in total. The van der Waals surface area contributed by atoms with Gasteiger partial charge in [0.25, 0.3) is 0 Å². The molecule has 0 aliphatic carbocycles. The van der Waals surface area contributed by atoms with Crippen molar-refractivity contribution in [1.82, 2.24) is 15.5 Å². The van der Waals surface area contributed by atoms with E-state index >= 15 is 0 Å². The summed E-state index contributed by atoms with van der Waals surface area (Å²) in [7, 11) is 1.86. The molecule has 1 rings (SSSR count). The highest BCUT2D eigenvalue weighted by Crippen LogP contribution is 2.10. The Kier molecular flexibility index (Phi) is 5.97. The van der Waals surface area contributed by atoms with Crippen LogP contribution in [0.15, 0.2) is 0 Å². The van der Waals surface area contributed by atoms with Crippen molar-refractivity contribution in [2.45, 2.75) is 38.6 Å². The molecule has 1 atom stereocenters. The van der Waals surface area contributed by atoms with Crippen LogP contribution in [0.1, 0.15) is 32.6 Å². The highest BCUT2D eigenvalue weighted by atomic mass is 16.2. The third kappa shape index (κ3) is 5.17. The van der Waals surface area contributed by atoms with Gasteiger partial charge in [0.1, 0.15) is 0 Å². The van der Waals surface area contributed by atoms with E-state index in [1.807, 2.05) is 14.0 Å². The second-order valence-corrected chi connectivity index (χ2v) is 4.62. The second-order valence-electron chi connectivity index (χ2n) is 4.62. The summed E-state index contributed by atoms with van der Waals surface area (Å²) in [4.78, 5) is 25.0. The fourth-order valence-corrected chi connectivity index (χ4v) is 1.80. The van der Waals surface area contributed by atoms with Crippen molar-refractivity contribution in [2.75, 3.05) is 26.7 Å². The molecule has 0 bridgehead atoms. The zero-order chi connectivity index (χ0) is 12.7. The van der Waals surface area contributed by atoms with Crippen LogP contribution in [0, 0.1) is 0 Å². The molecule has 0 spiro atoms. The number of rotatable bonds is 5. The van der Waals surface area contributed by atoms with Crippen molar-refractivity contribution in [3.8, 4) is 0 Å². The zero-order valence-electron chi connectivity index (χ0n) is 10.8. The molecule has 17 heavy (non-hydrogen) atoms. The lowest BCUT2D eigenvalue weighted by molar-refractivity contribution is -0.135. The van der Waals surface area contributed by atoms with E-state index in [1.54, 1.807) is 4.90 Å². The number of hydrogen-bond donors (Lipinski definition) is 2. The number of likely N-dealkylation sites (N-methyl/N-ethyl adjacent to an activating group) is 1. The number of nitrogens with zero attached hydrogens (tertiary/aromatic N) is 1. The molecule has 1 saturated heterocycles. The molecule has 1 heterocycles. The van der Waals surface area contributed by atoms with E-state index in [1.165, 1.54) is 0 Å². The van der Waals surface area contributed by atoms with Crippen LogP contribution >= 0.6 is 0 Å². The van der Waals surface area contributed by atoms with E-state index in [0.717, 1.165) is 19.3 Å². The van der Waals surface area contributed by atoms with Gasteiger partial charge in [-0.25, -0.2) is 0 Å². The molecule has 0 aromatic rings. The molecule has 5 heteroatoms. The maximum absolute atomic E-state index is 11.7. The molecule has 1 fully saturated rings. The fraction of sp³-hybridized carbons (Fsp3) is 0.833. The van der Waals surface area contributed by atoms with E-state index < -0.39 is 0 Å². The number of amides is 2. The van der Waals surface area contributed by atoms with Gasteiger partial charge in [-0.05, 0) is 26.8 Å². The van der Waals surface area contributed by atoms with Crippen molar-refractivity contribution in [3.63, 3.8) is 0 Å².